The number of nitrogens with zero attached hydrogens (tertiary/aromatic N) is 3. The van der Waals surface area contributed by atoms with Crippen molar-refractivity contribution in [2.75, 3.05) is 31.3 Å². The number of carbonyl (C=O) groups excluding carboxylic acids is 3. The van der Waals surface area contributed by atoms with E-state index >= 15 is 0 Å². The summed E-state index contributed by atoms with van der Waals surface area (Å²) in [6.07, 6.45) is 0.639. The third-order valence-corrected chi connectivity index (χ3v) is 4.71. The van der Waals surface area contributed by atoms with Gasteiger partial charge in [0.05, 0.1) is 18.6 Å². The second-order valence-corrected chi connectivity index (χ2v) is 6.77. The normalized spacial score (nSPS) is 14.0. The van der Waals surface area contributed by atoms with Gasteiger partial charge in [-0.15, -0.1) is 10.2 Å². The van der Waals surface area contributed by atoms with Crippen LogP contribution in [0.15, 0.2) is 33.9 Å². The number of rotatable bonds is 8. The van der Waals surface area contributed by atoms with Gasteiger partial charge in [0.25, 0.3) is 5.22 Å². The Hall–Kier alpha value is -3.08. The molecule has 148 valence electrons. The highest BCUT2D eigenvalue weighted by molar-refractivity contribution is 7.99. The predicted molar refractivity (Wildman–Crippen MR) is 100 cm³/mol. The summed E-state index contributed by atoms with van der Waals surface area (Å²) < 4.78 is 10.7. The van der Waals surface area contributed by atoms with Crippen molar-refractivity contribution >= 4 is 35.3 Å². The Labute approximate surface area is 165 Å². The fourth-order valence-electron chi connectivity index (χ4n) is 2.50. The first kappa shape index (κ1) is 19.7. The summed E-state index contributed by atoms with van der Waals surface area (Å²) in [5.41, 5.74) is 0.583. The molecule has 3 rings (SSSR count). The largest absolute Gasteiger partial charge is 0.495 e. The maximum Gasteiger partial charge on any atom is 0.324 e. The molecule has 4 amide bonds. The van der Waals surface area contributed by atoms with Gasteiger partial charge >= 0.3 is 6.03 Å². The predicted octanol–water partition coefficient (Wildman–Crippen LogP) is 1.29. The Balaban J connectivity index is 1.45. The number of nitrogens with one attached hydrogen (secondary N) is 2. The van der Waals surface area contributed by atoms with E-state index in [2.05, 4.69) is 20.8 Å². The molecule has 0 bridgehead atoms. The lowest BCUT2D eigenvalue weighted by Gasteiger charge is -2.25. The molecule has 0 saturated carbocycles. The lowest BCUT2D eigenvalue weighted by Crippen LogP contribution is -2.49. The Kier molecular flexibility index (Phi) is 6.48. The molecule has 1 aliphatic heterocycles. The molecular weight excluding hydrogens is 386 g/mol. The molecule has 2 N–H and O–H groups in total. The number of anilines is 1. The number of ether oxygens (including phenoxy) is 1. The van der Waals surface area contributed by atoms with Crippen LogP contribution in [0.25, 0.3) is 0 Å². The summed E-state index contributed by atoms with van der Waals surface area (Å²) in [4.78, 5) is 36.4. The molecule has 0 radical (unpaired) electrons. The van der Waals surface area contributed by atoms with E-state index in [0.717, 1.165) is 11.8 Å². The lowest BCUT2D eigenvalue weighted by atomic mass is 10.3. The molecule has 2 aromatic rings. The molecule has 1 aromatic heterocycles. The van der Waals surface area contributed by atoms with Gasteiger partial charge in [0.1, 0.15) is 5.75 Å². The molecule has 1 aromatic carbocycles. The summed E-state index contributed by atoms with van der Waals surface area (Å²) in [7, 11) is 1.53. The van der Waals surface area contributed by atoms with Gasteiger partial charge in [0.2, 0.25) is 17.7 Å². The summed E-state index contributed by atoms with van der Waals surface area (Å²) in [6.45, 7) is 0.725. The quantitative estimate of drug-likeness (QED) is 0.629. The number of amides is 4. The van der Waals surface area contributed by atoms with Crippen LogP contribution in [-0.2, 0) is 16.0 Å². The van der Waals surface area contributed by atoms with Gasteiger partial charge in [-0.3, -0.25) is 14.9 Å². The number of aromatic nitrogens is 2. The molecule has 0 aliphatic carbocycles. The van der Waals surface area contributed by atoms with Crippen LogP contribution in [0.4, 0.5) is 10.5 Å². The number of hydrogen-bond donors (Lipinski definition) is 2. The fraction of sp³-hybridized carbons (Fsp3) is 0.353. The Bertz CT molecular complexity index is 871. The van der Waals surface area contributed by atoms with E-state index < -0.39 is 6.03 Å². The van der Waals surface area contributed by atoms with Crippen LogP contribution in [-0.4, -0.2) is 58.9 Å². The van der Waals surface area contributed by atoms with Crippen molar-refractivity contribution in [3.05, 3.63) is 30.2 Å². The monoisotopic (exact) mass is 405 g/mol. The van der Waals surface area contributed by atoms with E-state index in [1.54, 1.807) is 18.2 Å². The van der Waals surface area contributed by atoms with Crippen molar-refractivity contribution in [3.8, 4) is 5.75 Å². The fourth-order valence-corrected chi connectivity index (χ4v) is 3.08. The van der Waals surface area contributed by atoms with Gasteiger partial charge < -0.3 is 19.4 Å². The molecule has 0 unspecified atom stereocenters. The van der Waals surface area contributed by atoms with Crippen LogP contribution in [0, 0.1) is 0 Å². The van der Waals surface area contributed by atoms with Gasteiger partial charge in [-0.1, -0.05) is 23.9 Å². The number of carbonyl (C=O) groups is 3. The van der Waals surface area contributed by atoms with E-state index in [-0.39, 0.29) is 29.2 Å². The van der Waals surface area contributed by atoms with Crippen molar-refractivity contribution in [3.63, 3.8) is 0 Å². The average molecular weight is 405 g/mol. The summed E-state index contributed by atoms with van der Waals surface area (Å²) in [5.74, 6) is 0.519. The first-order valence-electron chi connectivity index (χ1n) is 8.52. The summed E-state index contributed by atoms with van der Waals surface area (Å²) in [5, 5.41) is 13.1. The molecule has 0 spiro atoms. The molecule has 1 aliphatic rings. The molecule has 10 nitrogen and oxygen atoms in total. The highest BCUT2D eigenvalue weighted by atomic mass is 32.2. The molecule has 11 heteroatoms. The number of imide groups is 1. The van der Waals surface area contributed by atoms with Gasteiger partial charge in [0.15, 0.2) is 0 Å². The van der Waals surface area contributed by atoms with E-state index in [1.165, 1.54) is 12.0 Å². The van der Waals surface area contributed by atoms with Crippen LogP contribution < -0.4 is 15.4 Å². The third-order valence-electron chi connectivity index (χ3n) is 3.89. The molecule has 2 heterocycles. The first-order valence-corrected chi connectivity index (χ1v) is 9.50. The number of hydrogen-bond acceptors (Lipinski definition) is 8. The SMILES string of the molecule is COc1ccccc1NC(=O)CSc1nnc(CCN2CCC(=O)NC2=O)o1. The van der Waals surface area contributed by atoms with Gasteiger partial charge in [-0.25, -0.2) is 4.79 Å². The summed E-state index contributed by atoms with van der Waals surface area (Å²) >= 11 is 1.11. The Morgan fingerprint density at radius 2 is 2.18 bits per heavy atom. The van der Waals surface area contributed by atoms with Crippen LogP contribution >= 0.6 is 11.8 Å². The van der Waals surface area contributed by atoms with Crippen LogP contribution in [0.1, 0.15) is 12.3 Å². The van der Waals surface area contributed by atoms with Crippen molar-refractivity contribution in [1.82, 2.24) is 20.4 Å². The topological polar surface area (TPSA) is 127 Å². The molecule has 1 fully saturated rings. The van der Waals surface area contributed by atoms with E-state index in [1.807, 2.05) is 6.07 Å². The average Bonchev–Trinajstić information content (AvgIpc) is 3.14. The zero-order chi connectivity index (χ0) is 19.9. The number of thioether (sulfide) groups is 1. The van der Waals surface area contributed by atoms with Crippen LogP contribution in [0.2, 0.25) is 0 Å². The molecule has 1 saturated heterocycles. The second-order valence-electron chi connectivity index (χ2n) is 5.84. The minimum atomic E-state index is -0.418. The maximum atomic E-state index is 12.1. The van der Waals surface area contributed by atoms with Crippen LogP contribution in [0.5, 0.6) is 5.75 Å². The zero-order valence-corrected chi connectivity index (χ0v) is 16.0. The minimum absolute atomic E-state index is 0.0936. The summed E-state index contributed by atoms with van der Waals surface area (Å²) in [6, 6.07) is 6.70. The molecular formula is C17H19N5O5S. The van der Waals surface area contributed by atoms with E-state index in [9.17, 15) is 14.4 Å². The standard InChI is InChI=1S/C17H19N5O5S/c1-26-12-5-3-2-4-11(12)18-14(24)10-28-17-21-20-15(27-17)7-9-22-8-6-13(23)19-16(22)25/h2-5H,6-10H2,1H3,(H,18,24)(H,19,23,25). The minimum Gasteiger partial charge on any atom is -0.495 e. The number of methoxy groups -OCH3 is 1. The van der Waals surface area contributed by atoms with Crippen molar-refractivity contribution in [2.24, 2.45) is 0 Å². The van der Waals surface area contributed by atoms with Crippen molar-refractivity contribution in [1.29, 1.82) is 0 Å². The Morgan fingerprint density at radius 1 is 1.36 bits per heavy atom. The highest BCUT2D eigenvalue weighted by Crippen LogP contribution is 2.24. The zero-order valence-electron chi connectivity index (χ0n) is 15.1. The van der Waals surface area contributed by atoms with Crippen LogP contribution in [0.3, 0.4) is 0 Å². The van der Waals surface area contributed by atoms with E-state index in [4.69, 9.17) is 9.15 Å². The van der Waals surface area contributed by atoms with E-state index in [0.29, 0.717) is 36.8 Å². The van der Waals surface area contributed by atoms with Gasteiger partial charge in [-0.2, -0.15) is 0 Å². The highest BCUT2D eigenvalue weighted by Gasteiger charge is 2.23. The van der Waals surface area contributed by atoms with Gasteiger partial charge in [-0.05, 0) is 12.1 Å². The maximum absolute atomic E-state index is 12.1. The van der Waals surface area contributed by atoms with Crippen molar-refractivity contribution < 1.29 is 23.5 Å². The molecule has 0 atom stereocenters. The number of benzene rings is 1. The lowest BCUT2D eigenvalue weighted by molar-refractivity contribution is -0.121. The number of urea groups is 1. The smallest absolute Gasteiger partial charge is 0.324 e. The third kappa shape index (κ3) is 5.22. The molecule has 28 heavy (non-hydrogen) atoms. The number of para-hydroxylation sites is 2. The van der Waals surface area contributed by atoms with Crippen molar-refractivity contribution in [2.45, 2.75) is 18.1 Å². The second kappa shape index (κ2) is 9.22. The first-order chi connectivity index (χ1) is 13.5. The van der Waals surface area contributed by atoms with Gasteiger partial charge in [0, 0.05) is 25.9 Å². The Morgan fingerprint density at radius 3 is 2.96 bits per heavy atom.